The normalized spacial score (nSPS) is 14.5. The number of rotatable bonds is 31. The molecule has 0 saturated carbocycles. The number of esters is 1. The van der Waals surface area contributed by atoms with E-state index >= 15 is 0 Å². The zero-order chi connectivity index (χ0) is 93.4. The Morgan fingerprint density at radius 2 is 0.947 bits per heavy atom. The number of benzene rings is 6. The molecule has 38 heteroatoms. The number of aryl methyl sites for hydroxylation is 2. The number of pyridine rings is 4. The number of carbonyl (C=O) groups excluding carboxylic acids is 12. The Balaban J connectivity index is 0.000000171. The molecule has 0 bridgehead atoms. The molecule has 2 saturated heterocycles. The van der Waals surface area contributed by atoms with E-state index in [4.69, 9.17) is 19.3 Å². The maximum absolute atomic E-state index is 13.4. The minimum absolute atomic E-state index is 0.0380. The van der Waals surface area contributed by atoms with Crippen molar-refractivity contribution in [1.29, 1.82) is 0 Å². The Hall–Kier alpha value is -16.6. The van der Waals surface area contributed by atoms with Gasteiger partial charge >= 0.3 is 11.9 Å². The Morgan fingerprint density at radius 1 is 0.492 bits per heavy atom. The predicted octanol–water partition coefficient (Wildman–Crippen LogP) is 10.5. The van der Waals surface area contributed by atoms with Gasteiger partial charge in [0.05, 0.1) is 118 Å². The Bertz CT molecular complexity index is 6480. The highest BCUT2D eigenvalue weighted by molar-refractivity contribution is 6.27. The highest BCUT2D eigenvalue weighted by Crippen LogP contribution is 2.42. The van der Waals surface area contributed by atoms with Gasteiger partial charge in [0.15, 0.2) is 0 Å². The van der Waals surface area contributed by atoms with Gasteiger partial charge in [0, 0.05) is 135 Å². The fraction of sp³-hybridized carbons (Fsp3) is 0.266. The molecule has 6 aromatic carbocycles. The van der Waals surface area contributed by atoms with Crippen LogP contribution >= 0.6 is 0 Å². The summed E-state index contributed by atoms with van der Waals surface area (Å²) in [4.78, 5) is 182. The molecule has 10 heterocycles. The number of carbonyl (C=O) groups is 13. The standard InChI is InChI=1S/C44H41N11O7.C26H32N6O6.C24H20N4O4/c1-45-41(58)31-23-49-34-20-36(62-2)29(19-30(34)39(31)50-26-9-4-3-5-10-26)32-14-13-25(21-47-32)40(57)46-17-6-7-18-54-24-27(52-53-54)22-48-33-12-8-11-28-38(33)44(61)55(43(28)60)35-15-16-37(56)51-42(35)59;1-26(2,3)38-21(34)10-5-4-6-13-31-15-16(29-30-31)14-27-18-9-7-8-17-22(18)25(37)32(24(17)36)19-11-12-20(33)28-23(19)35;1-25-23(29)18-13-27-20-11-21(32-2)16(19-9-8-14(12-26-19)24(30)31)10-17(20)22(18)28-15-6-4-3-5-7-15/h3-5,8-14,19-21,23-24,35,48H,6-7,15-18,22H2,1-2H3,(H,45,58)(H,46,57)(H,49,50)(H,51,56,59);7-9,15,19,27H,4-6,10-14H2,1-3H3,(H,28,33,35);3-13H,1-2H3,(H,25,29)(H,27,28)(H,30,31). The zero-order valence-corrected chi connectivity index (χ0v) is 72.9. The van der Waals surface area contributed by atoms with E-state index in [9.17, 15) is 62.3 Å². The molecule has 0 spiro atoms. The summed E-state index contributed by atoms with van der Waals surface area (Å²) in [5.41, 5.74) is 10.0. The maximum atomic E-state index is 13.4. The number of para-hydroxylation sites is 2. The van der Waals surface area contributed by atoms with Crippen LogP contribution in [-0.4, -0.2) is 194 Å². The number of carboxylic acids is 1. The molecule has 2 unspecified atom stereocenters. The van der Waals surface area contributed by atoms with E-state index in [0.29, 0.717) is 146 Å². The van der Waals surface area contributed by atoms with E-state index in [1.54, 1.807) is 104 Å². The van der Waals surface area contributed by atoms with Crippen LogP contribution in [0.15, 0.2) is 183 Å². The van der Waals surface area contributed by atoms with E-state index < -0.39 is 70.9 Å². The van der Waals surface area contributed by atoms with Crippen LogP contribution in [0.5, 0.6) is 11.5 Å². The van der Waals surface area contributed by atoms with Crippen molar-refractivity contribution in [1.82, 2.24) is 86.3 Å². The quantitative estimate of drug-likeness (QED) is 0.0110. The van der Waals surface area contributed by atoms with Crippen molar-refractivity contribution in [3.05, 3.63) is 239 Å². The summed E-state index contributed by atoms with van der Waals surface area (Å²) in [7, 11) is 6.22. The number of hydrogen-bond donors (Lipinski definition) is 10. The van der Waals surface area contributed by atoms with Gasteiger partial charge in [0.25, 0.3) is 41.4 Å². The van der Waals surface area contributed by atoms with Crippen LogP contribution in [0.3, 0.4) is 0 Å². The number of anilines is 6. The first kappa shape index (κ1) is 91.6. The van der Waals surface area contributed by atoms with Gasteiger partial charge in [0.2, 0.25) is 23.6 Å². The Kier molecular flexibility index (Phi) is 28.5. The number of methoxy groups -OCH3 is 2. The summed E-state index contributed by atoms with van der Waals surface area (Å²) in [5.74, 6) is -5.52. The largest absolute Gasteiger partial charge is 0.496 e. The number of hydrogen-bond acceptors (Lipinski definition) is 28. The topological polar surface area (TPSA) is 498 Å². The van der Waals surface area contributed by atoms with E-state index in [2.05, 4.69) is 88.4 Å². The number of nitrogens with zero attached hydrogens (tertiary/aromatic N) is 12. The summed E-state index contributed by atoms with van der Waals surface area (Å²) in [6.45, 7) is 7.65. The fourth-order valence-electron chi connectivity index (χ4n) is 15.3. The number of aromatic carboxylic acids is 1. The third-order valence-corrected chi connectivity index (χ3v) is 21.8. The van der Waals surface area contributed by atoms with Crippen molar-refractivity contribution in [3.8, 4) is 34.0 Å². The molecule has 0 radical (unpaired) electrons. The molecule has 4 aliphatic rings. The number of imide groups is 4. The number of amides is 11. The lowest BCUT2D eigenvalue weighted by molar-refractivity contribution is -0.155. The van der Waals surface area contributed by atoms with Crippen LogP contribution in [0.2, 0.25) is 0 Å². The third kappa shape index (κ3) is 21.1. The van der Waals surface area contributed by atoms with Gasteiger partial charge in [-0.25, -0.2) is 4.79 Å². The van der Waals surface area contributed by atoms with Crippen LogP contribution in [0, 0.1) is 0 Å². The summed E-state index contributed by atoms with van der Waals surface area (Å²) in [6.07, 6.45) is 13.9. The van der Waals surface area contributed by atoms with Crippen molar-refractivity contribution >= 4 is 133 Å². The molecule has 2 fully saturated rings. The molecular formula is C94H93N21O17. The second-order valence-electron chi connectivity index (χ2n) is 31.9. The molecule has 2 atom stereocenters. The third-order valence-electron chi connectivity index (χ3n) is 21.8. The molecule has 12 aromatic rings. The first-order chi connectivity index (χ1) is 63.7. The lowest BCUT2D eigenvalue weighted by Gasteiger charge is -2.27. The zero-order valence-electron chi connectivity index (χ0n) is 72.9. The SMILES string of the molecule is CC(C)(C)OC(=O)CCCCCn1cc(CNc2cccc3c2C(=O)N(C2CCC(=O)NC2=O)C3=O)nn1.CNC(=O)c1cnc2cc(OC)c(-c3ccc(C(=O)NCCCCn4cc(CNc5cccc6c5C(=O)N(C5CCC(=O)NC5=O)C6=O)nn4)cn3)cc2c1Nc1ccccc1.CNC(=O)c1cnc2cc(OC)c(-c3ccc(C(=O)O)cn3)cc2c1Nc1ccccc1. The van der Waals surface area contributed by atoms with Crippen LogP contribution in [0.1, 0.15) is 179 Å². The minimum Gasteiger partial charge on any atom is -0.496 e. The molecule has 11 amide bonds. The number of nitrogens with one attached hydrogen (secondary N) is 9. The van der Waals surface area contributed by atoms with Gasteiger partial charge in [-0.05, 0) is 144 Å². The van der Waals surface area contributed by atoms with Crippen molar-refractivity contribution in [3.63, 3.8) is 0 Å². The van der Waals surface area contributed by atoms with Crippen LogP contribution < -0.4 is 57.3 Å². The Morgan fingerprint density at radius 3 is 1.36 bits per heavy atom. The fourth-order valence-corrected chi connectivity index (χ4v) is 15.3. The van der Waals surface area contributed by atoms with Crippen molar-refractivity contribution in [2.45, 2.75) is 129 Å². The van der Waals surface area contributed by atoms with Gasteiger partial charge in [-0.15, -0.1) is 10.2 Å². The molecule has 4 aliphatic heterocycles. The molecule has 38 nitrogen and oxygen atoms in total. The average molecular weight is 1790 g/mol. The number of carboxylic acid groups (broad SMARTS) is 1. The van der Waals surface area contributed by atoms with Crippen LogP contribution in [0.4, 0.5) is 34.1 Å². The van der Waals surface area contributed by atoms with Crippen LogP contribution in [0.25, 0.3) is 44.3 Å². The average Bonchev–Trinajstić information content (AvgIpc) is 1.60. The van der Waals surface area contributed by atoms with E-state index in [1.807, 2.05) is 93.6 Å². The lowest BCUT2D eigenvalue weighted by atomic mass is 10.0. The number of ether oxygens (including phenoxy) is 3. The summed E-state index contributed by atoms with van der Waals surface area (Å²) in [6, 6.07) is 40.5. The highest BCUT2D eigenvalue weighted by Gasteiger charge is 2.47. The van der Waals surface area contributed by atoms with Gasteiger partial charge in [-0.2, -0.15) is 0 Å². The van der Waals surface area contributed by atoms with Crippen molar-refractivity contribution in [2.75, 3.05) is 56.1 Å². The van der Waals surface area contributed by atoms with Gasteiger partial charge in [-0.1, -0.05) is 65.4 Å². The number of aromatic nitrogens is 10. The second kappa shape index (κ2) is 41.0. The summed E-state index contributed by atoms with van der Waals surface area (Å²) in [5, 5.41) is 52.9. The molecular weight excluding hydrogens is 1700 g/mol. The van der Waals surface area contributed by atoms with E-state index in [0.717, 1.165) is 40.4 Å². The molecule has 132 heavy (non-hydrogen) atoms. The Labute approximate surface area is 754 Å². The summed E-state index contributed by atoms with van der Waals surface area (Å²) >= 11 is 0. The first-order valence-electron chi connectivity index (χ1n) is 42.4. The minimum atomic E-state index is -1.05. The van der Waals surface area contributed by atoms with E-state index in [-0.39, 0.29) is 90.3 Å². The number of fused-ring (bicyclic) bond motifs is 4. The van der Waals surface area contributed by atoms with Crippen molar-refractivity contribution < 1.29 is 81.6 Å². The molecule has 10 N–H and O–H groups in total. The molecule has 6 aromatic heterocycles. The van der Waals surface area contributed by atoms with Gasteiger partial charge in [-0.3, -0.25) is 107 Å². The van der Waals surface area contributed by atoms with Gasteiger partial charge < -0.3 is 56.5 Å². The van der Waals surface area contributed by atoms with Gasteiger partial charge in [0.1, 0.15) is 40.6 Å². The molecule has 0 aliphatic carbocycles. The van der Waals surface area contributed by atoms with E-state index in [1.165, 1.54) is 44.0 Å². The maximum Gasteiger partial charge on any atom is 0.337 e. The highest BCUT2D eigenvalue weighted by atomic mass is 16.6. The summed E-state index contributed by atoms with van der Waals surface area (Å²) < 4.78 is 20.0. The smallest absolute Gasteiger partial charge is 0.337 e. The second-order valence-corrected chi connectivity index (χ2v) is 31.9. The number of unbranched alkanes of at least 4 members (excludes halogenated alkanes) is 3. The first-order valence-corrected chi connectivity index (χ1v) is 42.4. The lowest BCUT2D eigenvalue weighted by Crippen LogP contribution is -2.54. The van der Waals surface area contributed by atoms with Crippen LogP contribution in [-0.2, 0) is 54.9 Å². The molecule has 676 valence electrons. The predicted molar refractivity (Wildman–Crippen MR) is 483 cm³/mol. The number of piperidine rings is 2. The molecule has 16 rings (SSSR count). The van der Waals surface area contributed by atoms with Crippen molar-refractivity contribution in [2.24, 2.45) is 0 Å². The monoisotopic (exact) mass is 1790 g/mol.